The van der Waals surface area contributed by atoms with Crippen LogP contribution in [0.4, 0.5) is 18.3 Å². The summed E-state index contributed by atoms with van der Waals surface area (Å²) in [6.45, 7) is 3.33. The fraction of sp³-hybridized carbons (Fsp3) is 0.312. The molecule has 0 aliphatic rings. The molecule has 0 fully saturated rings. The Bertz CT molecular complexity index is 774. The third-order valence-electron chi connectivity index (χ3n) is 3.31. The second-order valence-electron chi connectivity index (χ2n) is 5.24. The summed E-state index contributed by atoms with van der Waals surface area (Å²) in [6, 6.07) is 4.14. The fourth-order valence-corrected chi connectivity index (χ4v) is 2.79. The van der Waals surface area contributed by atoms with Gasteiger partial charge in [0.15, 0.2) is 5.13 Å². The van der Waals surface area contributed by atoms with Crippen LogP contribution in [-0.4, -0.2) is 34.8 Å². The number of hydrogen-bond acceptors (Lipinski definition) is 4. The highest BCUT2D eigenvalue weighted by atomic mass is 32.1. The van der Waals surface area contributed by atoms with Crippen molar-refractivity contribution in [2.24, 2.45) is 0 Å². The monoisotopic (exact) mass is 371 g/mol. The van der Waals surface area contributed by atoms with E-state index in [2.05, 4.69) is 10.3 Å². The summed E-state index contributed by atoms with van der Waals surface area (Å²) in [5, 5.41) is 4.74. The number of amides is 2. The molecule has 0 aliphatic carbocycles. The van der Waals surface area contributed by atoms with Crippen molar-refractivity contribution < 1.29 is 22.8 Å². The molecule has 9 heteroatoms. The number of aromatic nitrogens is 1. The molecular formula is C16H16F3N3O2S. The van der Waals surface area contributed by atoms with Crippen molar-refractivity contribution in [3.63, 3.8) is 0 Å². The highest BCUT2D eigenvalue weighted by Gasteiger charge is 2.31. The van der Waals surface area contributed by atoms with E-state index in [4.69, 9.17) is 0 Å². The minimum absolute atomic E-state index is 0.116. The van der Waals surface area contributed by atoms with Crippen LogP contribution in [-0.2, 0) is 11.0 Å². The SMILES string of the molecule is CCN(CC(=O)Nc1nc(C)cs1)C(=O)c1cccc(C(F)(F)F)c1. The number of nitrogens with one attached hydrogen (secondary N) is 1. The van der Waals surface area contributed by atoms with E-state index in [1.165, 1.54) is 28.4 Å². The van der Waals surface area contributed by atoms with Crippen LogP contribution in [0.15, 0.2) is 29.6 Å². The van der Waals surface area contributed by atoms with Crippen LogP contribution in [0.2, 0.25) is 0 Å². The topological polar surface area (TPSA) is 62.3 Å². The van der Waals surface area contributed by atoms with Gasteiger partial charge >= 0.3 is 6.18 Å². The zero-order valence-corrected chi connectivity index (χ0v) is 14.4. The molecule has 2 amide bonds. The molecule has 1 heterocycles. The number of benzene rings is 1. The van der Waals surface area contributed by atoms with E-state index in [1.807, 2.05) is 0 Å². The van der Waals surface area contributed by atoms with E-state index in [0.29, 0.717) is 5.13 Å². The van der Waals surface area contributed by atoms with Crippen molar-refractivity contribution in [1.82, 2.24) is 9.88 Å². The molecule has 5 nitrogen and oxygen atoms in total. The summed E-state index contributed by atoms with van der Waals surface area (Å²) in [4.78, 5) is 29.7. The second-order valence-corrected chi connectivity index (χ2v) is 6.10. The van der Waals surface area contributed by atoms with E-state index in [-0.39, 0.29) is 18.7 Å². The first-order valence-corrected chi connectivity index (χ1v) is 8.27. The van der Waals surface area contributed by atoms with Crippen molar-refractivity contribution >= 4 is 28.3 Å². The lowest BCUT2D eigenvalue weighted by molar-refractivity contribution is -0.137. The Balaban J connectivity index is 2.09. The van der Waals surface area contributed by atoms with Crippen molar-refractivity contribution in [2.75, 3.05) is 18.4 Å². The standard InChI is InChI=1S/C16H16F3N3O2S/c1-3-22(8-13(23)21-15-20-10(2)9-25-15)14(24)11-5-4-6-12(7-11)16(17,18)19/h4-7,9H,3,8H2,1-2H3,(H,20,21,23). The van der Waals surface area contributed by atoms with Gasteiger partial charge in [0.25, 0.3) is 5.91 Å². The summed E-state index contributed by atoms with van der Waals surface area (Å²) in [5.41, 5.74) is -0.264. The minimum Gasteiger partial charge on any atom is -0.330 e. The molecule has 0 spiro atoms. The first-order chi connectivity index (χ1) is 11.7. The smallest absolute Gasteiger partial charge is 0.330 e. The van der Waals surface area contributed by atoms with Crippen LogP contribution in [0, 0.1) is 6.92 Å². The first-order valence-electron chi connectivity index (χ1n) is 7.39. The Morgan fingerprint density at radius 2 is 2.04 bits per heavy atom. The quantitative estimate of drug-likeness (QED) is 0.874. The second kappa shape index (κ2) is 7.64. The summed E-state index contributed by atoms with van der Waals surface area (Å²) in [6.07, 6.45) is -4.53. The van der Waals surface area contributed by atoms with E-state index < -0.39 is 23.6 Å². The van der Waals surface area contributed by atoms with Crippen LogP contribution in [0.5, 0.6) is 0 Å². The minimum atomic E-state index is -4.53. The van der Waals surface area contributed by atoms with Gasteiger partial charge in [-0.3, -0.25) is 9.59 Å². The van der Waals surface area contributed by atoms with Crippen LogP contribution in [0.25, 0.3) is 0 Å². The number of likely N-dealkylation sites (N-methyl/N-ethyl adjacent to an activating group) is 1. The number of thiazole rings is 1. The zero-order valence-electron chi connectivity index (χ0n) is 13.6. The number of anilines is 1. The van der Waals surface area contributed by atoms with Crippen LogP contribution in [0.1, 0.15) is 28.5 Å². The number of carbonyl (C=O) groups is 2. The molecule has 0 atom stereocenters. The molecule has 1 aromatic heterocycles. The average molecular weight is 371 g/mol. The van der Waals surface area contributed by atoms with E-state index in [1.54, 1.807) is 19.2 Å². The maximum Gasteiger partial charge on any atom is 0.416 e. The summed E-state index contributed by atoms with van der Waals surface area (Å²) in [7, 11) is 0. The third-order valence-corrected chi connectivity index (χ3v) is 4.18. The van der Waals surface area contributed by atoms with Crippen molar-refractivity contribution in [3.05, 3.63) is 46.5 Å². The molecule has 1 aromatic carbocycles. The number of rotatable bonds is 5. The molecule has 2 aromatic rings. The maximum atomic E-state index is 12.8. The predicted octanol–water partition coefficient (Wildman–Crippen LogP) is 3.57. The molecule has 1 N–H and O–H groups in total. The molecule has 0 aliphatic heterocycles. The zero-order chi connectivity index (χ0) is 18.6. The lowest BCUT2D eigenvalue weighted by atomic mass is 10.1. The van der Waals surface area contributed by atoms with Crippen LogP contribution < -0.4 is 5.32 Å². The van der Waals surface area contributed by atoms with Gasteiger partial charge < -0.3 is 10.2 Å². The molecular weight excluding hydrogens is 355 g/mol. The van der Waals surface area contributed by atoms with Crippen molar-refractivity contribution in [2.45, 2.75) is 20.0 Å². The van der Waals surface area contributed by atoms with E-state index >= 15 is 0 Å². The van der Waals surface area contributed by atoms with Crippen molar-refractivity contribution in [1.29, 1.82) is 0 Å². The number of alkyl halides is 3. The summed E-state index contributed by atoms with van der Waals surface area (Å²) in [5.74, 6) is -1.10. The Morgan fingerprint density at radius 1 is 1.32 bits per heavy atom. The molecule has 0 saturated carbocycles. The van der Waals surface area contributed by atoms with Crippen molar-refractivity contribution in [3.8, 4) is 0 Å². The van der Waals surface area contributed by atoms with Gasteiger partial charge in [-0.2, -0.15) is 13.2 Å². The summed E-state index contributed by atoms with van der Waals surface area (Å²) < 4.78 is 38.3. The predicted molar refractivity (Wildman–Crippen MR) is 88.5 cm³/mol. The Labute approximate surface area is 146 Å². The van der Waals surface area contributed by atoms with Gasteiger partial charge in [0, 0.05) is 17.5 Å². The maximum absolute atomic E-state index is 12.8. The average Bonchev–Trinajstić information content (AvgIpc) is 2.96. The molecule has 2 rings (SSSR count). The Hall–Kier alpha value is -2.42. The fourth-order valence-electron chi connectivity index (χ4n) is 2.08. The van der Waals surface area contributed by atoms with Crippen LogP contribution >= 0.6 is 11.3 Å². The molecule has 25 heavy (non-hydrogen) atoms. The first kappa shape index (κ1) is 18.9. The largest absolute Gasteiger partial charge is 0.416 e. The number of carbonyl (C=O) groups excluding carboxylic acids is 2. The summed E-state index contributed by atoms with van der Waals surface area (Å²) >= 11 is 1.25. The third kappa shape index (κ3) is 5.02. The molecule has 0 saturated heterocycles. The number of nitrogens with zero attached hydrogens (tertiary/aromatic N) is 2. The lowest BCUT2D eigenvalue weighted by Crippen LogP contribution is -2.38. The number of aryl methyl sites for hydroxylation is 1. The Kier molecular flexibility index (Phi) is 5.78. The highest BCUT2D eigenvalue weighted by Crippen LogP contribution is 2.29. The molecule has 0 radical (unpaired) electrons. The van der Waals surface area contributed by atoms with Gasteiger partial charge in [-0.1, -0.05) is 6.07 Å². The van der Waals surface area contributed by atoms with Gasteiger partial charge in [0.2, 0.25) is 5.91 Å². The molecule has 0 bridgehead atoms. The molecule has 0 unspecified atom stereocenters. The highest BCUT2D eigenvalue weighted by molar-refractivity contribution is 7.13. The molecule has 134 valence electrons. The van der Waals surface area contributed by atoms with E-state index in [0.717, 1.165) is 17.8 Å². The lowest BCUT2D eigenvalue weighted by Gasteiger charge is -2.20. The number of halogens is 3. The number of hydrogen-bond donors (Lipinski definition) is 1. The van der Waals surface area contributed by atoms with E-state index in [9.17, 15) is 22.8 Å². The van der Waals surface area contributed by atoms with Crippen LogP contribution in [0.3, 0.4) is 0 Å². The van der Waals surface area contributed by atoms with Gasteiger partial charge in [-0.05, 0) is 32.0 Å². The van der Waals surface area contributed by atoms with Gasteiger partial charge in [-0.25, -0.2) is 4.98 Å². The van der Waals surface area contributed by atoms with Gasteiger partial charge in [0.1, 0.15) is 6.54 Å². The Morgan fingerprint density at radius 3 is 2.60 bits per heavy atom. The van der Waals surface area contributed by atoms with Gasteiger partial charge in [-0.15, -0.1) is 11.3 Å². The van der Waals surface area contributed by atoms with Gasteiger partial charge in [0.05, 0.1) is 11.3 Å². The normalized spacial score (nSPS) is 11.2.